The highest BCUT2D eigenvalue weighted by Gasteiger charge is 2.27. The van der Waals surface area contributed by atoms with Crippen molar-refractivity contribution in [3.8, 4) is 0 Å². The molecule has 1 fully saturated rings. The van der Waals surface area contributed by atoms with Crippen LogP contribution >= 0.6 is 0 Å². The van der Waals surface area contributed by atoms with Crippen LogP contribution in [0.25, 0.3) is 10.8 Å². The summed E-state index contributed by atoms with van der Waals surface area (Å²) in [5.74, 6) is 0.173. The fourth-order valence-corrected chi connectivity index (χ4v) is 2.61. The molecule has 3 rings (SSSR count). The van der Waals surface area contributed by atoms with Crippen molar-refractivity contribution >= 4 is 16.7 Å². The number of amides is 1. The van der Waals surface area contributed by atoms with Crippen LogP contribution in [0.5, 0.6) is 0 Å². The second-order valence-corrected chi connectivity index (χ2v) is 4.97. The molecule has 1 N–H and O–H groups in total. The predicted molar refractivity (Wildman–Crippen MR) is 72.8 cm³/mol. The molecule has 1 amide bonds. The third-order valence-electron chi connectivity index (χ3n) is 3.71. The molecule has 98 valence electrons. The molecule has 1 saturated heterocycles. The number of benzene rings is 1. The summed E-state index contributed by atoms with van der Waals surface area (Å²) in [5, 5.41) is 11.1. The standard InChI is InChI=1S/C15H16N2O2/c18-10-11-6-8-17(9-11)15(19)14-13-4-2-1-3-12(13)5-7-16-14/h1-5,7,11,18H,6,8-10H2. The van der Waals surface area contributed by atoms with Gasteiger partial charge in [0.05, 0.1) is 0 Å². The van der Waals surface area contributed by atoms with Crippen LogP contribution in [-0.4, -0.2) is 40.6 Å². The summed E-state index contributed by atoms with van der Waals surface area (Å²) in [4.78, 5) is 18.5. The molecule has 0 bridgehead atoms. The van der Waals surface area contributed by atoms with Crippen molar-refractivity contribution in [1.82, 2.24) is 9.88 Å². The molecular weight excluding hydrogens is 240 g/mol. The lowest BCUT2D eigenvalue weighted by atomic mass is 10.1. The Morgan fingerprint density at radius 3 is 3.00 bits per heavy atom. The van der Waals surface area contributed by atoms with Gasteiger partial charge >= 0.3 is 0 Å². The lowest BCUT2D eigenvalue weighted by Crippen LogP contribution is -2.30. The van der Waals surface area contributed by atoms with Gasteiger partial charge in [0.2, 0.25) is 0 Å². The Kier molecular flexibility index (Phi) is 3.17. The third kappa shape index (κ3) is 2.19. The highest BCUT2D eigenvalue weighted by molar-refractivity contribution is 6.05. The lowest BCUT2D eigenvalue weighted by molar-refractivity contribution is 0.0778. The van der Waals surface area contributed by atoms with E-state index in [-0.39, 0.29) is 18.4 Å². The molecule has 1 aliphatic heterocycles. The highest BCUT2D eigenvalue weighted by Crippen LogP contribution is 2.21. The minimum Gasteiger partial charge on any atom is -0.396 e. The second-order valence-electron chi connectivity index (χ2n) is 4.97. The molecule has 0 aliphatic carbocycles. The fraction of sp³-hybridized carbons (Fsp3) is 0.333. The Balaban J connectivity index is 1.94. The average molecular weight is 256 g/mol. The van der Waals surface area contributed by atoms with E-state index < -0.39 is 0 Å². The summed E-state index contributed by atoms with van der Waals surface area (Å²) < 4.78 is 0. The molecule has 1 aromatic carbocycles. The molecule has 2 aromatic rings. The molecule has 4 nitrogen and oxygen atoms in total. The summed E-state index contributed by atoms with van der Waals surface area (Å²) in [7, 11) is 0. The van der Waals surface area contributed by atoms with E-state index in [1.807, 2.05) is 30.3 Å². The number of aliphatic hydroxyl groups is 1. The Hall–Kier alpha value is -1.94. The van der Waals surface area contributed by atoms with Gasteiger partial charge in [0, 0.05) is 37.2 Å². The minimum absolute atomic E-state index is 0.0345. The van der Waals surface area contributed by atoms with Crippen molar-refractivity contribution < 1.29 is 9.90 Å². The first-order valence-corrected chi connectivity index (χ1v) is 6.53. The first kappa shape index (κ1) is 12.1. The van der Waals surface area contributed by atoms with Crippen molar-refractivity contribution in [2.45, 2.75) is 6.42 Å². The van der Waals surface area contributed by atoms with Gasteiger partial charge in [-0.25, -0.2) is 0 Å². The lowest BCUT2D eigenvalue weighted by Gasteiger charge is -2.16. The van der Waals surface area contributed by atoms with Gasteiger partial charge in [-0.3, -0.25) is 9.78 Å². The zero-order valence-corrected chi connectivity index (χ0v) is 10.6. The van der Waals surface area contributed by atoms with Gasteiger partial charge in [0.1, 0.15) is 5.69 Å². The molecule has 1 atom stereocenters. The maximum absolute atomic E-state index is 12.5. The number of rotatable bonds is 2. The number of aliphatic hydroxyl groups excluding tert-OH is 1. The van der Waals surface area contributed by atoms with Crippen molar-refractivity contribution in [1.29, 1.82) is 0 Å². The quantitative estimate of drug-likeness (QED) is 0.889. The van der Waals surface area contributed by atoms with E-state index in [4.69, 9.17) is 5.11 Å². The van der Waals surface area contributed by atoms with E-state index in [1.165, 1.54) is 0 Å². The van der Waals surface area contributed by atoms with E-state index in [9.17, 15) is 4.79 Å². The largest absolute Gasteiger partial charge is 0.396 e. The topological polar surface area (TPSA) is 53.4 Å². The van der Waals surface area contributed by atoms with Crippen LogP contribution in [-0.2, 0) is 0 Å². The molecular formula is C15H16N2O2. The number of pyridine rings is 1. The Labute approximate surface area is 111 Å². The smallest absolute Gasteiger partial charge is 0.273 e. The highest BCUT2D eigenvalue weighted by atomic mass is 16.3. The third-order valence-corrected chi connectivity index (χ3v) is 3.71. The fourth-order valence-electron chi connectivity index (χ4n) is 2.61. The van der Waals surface area contributed by atoms with Gasteiger partial charge in [-0.15, -0.1) is 0 Å². The Morgan fingerprint density at radius 2 is 2.21 bits per heavy atom. The van der Waals surface area contributed by atoms with Gasteiger partial charge < -0.3 is 10.0 Å². The van der Waals surface area contributed by atoms with Crippen LogP contribution in [0, 0.1) is 5.92 Å². The van der Waals surface area contributed by atoms with E-state index >= 15 is 0 Å². The SMILES string of the molecule is O=C(c1nccc2ccccc12)N1CCC(CO)C1. The number of aromatic nitrogens is 1. The van der Waals surface area contributed by atoms with E-state index in [1.54, 1.807) is 11.1 Å². The van der Waals surface area contributed by atoms with Crippen molar-refractivity contribution in [2.75, 3.05) is 19.7 Å². The summed E-state index contributed by atoms with van der Waals surface area (Å²) in [6.07, 6.45) is 2.54. The van der Waals surface area contributed by atoms with Crippen molar-refractivity contribution in [2.24, 2.45) is 5.92 Å². The Morgan fingerprint density at radius 1 is 1.37 bits per heavy atom. The van der Waals surface area contributed by atoms with Crippen LogP contribution in [0.15, 0.2) is 36.5 Å². The van der Waals surface area contributed by atoms with Crippen LogP contribution in [0.3, 0.4) is 0 Å². The second kappa shape index (κ2) is 4.97. The average Bonchev–Trinajstić information content (AvgIpc) is 2.95. The number of nitrogens with zero attached hydrogens (tertiary/aromatic N) is 2. The molecule has 4 heteroatoms. The molecule has 0 radical (unpaired) electrons. The van der Waals surface area contributed by atoms with Gasteiger partial charge in [-0.2, -0.15) is 0 Å². The summed E-state index contributed by atoms with van der Waals surface area (Å²) in [6, 6.07) is 9.69. The number of hydrogen-bond donors (Lipinski definition) is 1. The van der Waals surface area contributed by atoms with Crippen molar-refractivity contribution in [3.05, 3.63) is 42.2 Å². The van der Waals surface area contributed by atoms with Crippen LogP contribution in [0.1, 0.15) is 16.9 Å². The maximum atomic E-state index is 12.5. The maximum Gasteiger partial charge on any atom is 0.273 e. The number of hydrogen-bond acceptors (Lipinski definition) is 3. The zero-order chi connectivity index (χ0) is 13.2. The molecule has 2 heterocycles. The number of carbonyl (C=O) groups excluding carboxylic acids is 1. The van der Waals surface area contributed by atoms with Gasteiger partial charge in [-0.1, -0.05) is 24.3 Å². The monoisotopic (exact) mass is 256 g/mol. The number of fused-ring (bicyclic) bond motifs is 1. The molecule has 0 saturated carbocycles. The first-order valence-electron chi connectivity index (χ1n) is 6.53. The van der Waals surface area contributed by atoms with Gasteiger partial charge in [0.25, 0.3) is 5.91 Å². The van der Waals surface area contributed by atoms with Crippen LogP contribution in [0.4, 0.5) is 0 Å². The van der Waals surface area contributed by atoms with Crippen LogP contribution < -0.4 is 0 Å². The molecule has 1 unspecified atom stereocenters. The van der Waals surface area contributed by atoms with E-state index in [0.29, 0.717) is 18.8 Å². The number of likely N-dealkylation sites (tertiary alicyclic amines) is 1. The molecule has 0 spiro atoms. The minimum atomic E-state index is -0.0345. The summed E-state index contributed by atoms with van der Waals surface area (Å²) in [6.45, 7) is 1.47. The van der Waals surface area contributed by atoms with Crippen LogP contribution in [0.2, 0.25) is 0 Å². The van der Waals surface area contributed by atoms with E-state index in [0.717, 1.165) is 17.2 Å². The first-order chi connectivity index (χ1) is 9.29. The normalized spacial score (nSPS) is 19.0. The Bertz CT molecular complexity index is 607. The molecule has 1 aromatic heterocycles. The van der Waals surface area contributed by atoms with Gasteiger partial charge in [0.15, 0.2) is 0 Å². The summed E-state index contributed by atoms with van der Waals surface area (Å²) in [5.41, 5.74) is 0.511. The van der Waals surface area contributed by atoms with Crippen molar-refractivity contribution in [3.63, 3.8) is 0 Å². The predicted octanol–water partition coefficient (Wildman–Crippen LogP) is 1.69. The zero-order valence-electron chi connectivity index (χ0n) is 10.6. The molecule has 19 heavy (non-hydrogen) atoms. The van der Waals surface area contributed by atoms with Gasteiger partial charge in [-0.05, 0) is 17.9 Å². The van der Waals surface area contributed by atoms with E-state index in [2.05, 4.69) is 4.98 Å². The molecule has 1 aliphatic rings. The summed E-state index contributed by atoms with van der Waals surface area (Å²) >= 11 is 0. The number of carbonyl (C=O) groups is 1.